The first kappa shape index (κ1) is 16.3. The summed E-state index contributed by atoms with van der Waals surface area (Å²) in [5.41, 5.74) is 0.834. The lowest BCUT2D eigenvalue weighted by Gasteiger charge is -2.21. The summed E-state index contributed by atoms with van der Waals surface area (Å²) in [4.78, 5) is 17.5. The Hall–Kier alpha value is -2.15. The van der Waals surface area contributed by atoms with Gasteiger partial charge in [-0.15, -0.1) is 0 Å². The summed E-state index contributed by atoms with van der Waals surface area (Å²) in [7, 11) is 1.59. The van der Waals surface area contributed by atoms with Gasteiger partial charge in [0, 0.05) is 0 Å². The molecule has 1 N–H and O–H groups in total. The van der Waals surface area contributed by atoms with E-state index in [1.165, 1.54) is 24.6 Å². The van der Waals surface area contributed by atoms with Gasteiger partial charge in [-0.2, -0.15) is 0 Å². The molecule has 1 saturated heterocycles. The zero-order valence-corrected chi connectivity index (χ0v) is 14.9. The van der Waals surface area contributed by atoms with Gasteiger partial charge in [0.2, 0.25) is 5.75 Å². The molecular weight excluding hydrogens is 340 g/mol. The number of ether oxygens (including phenoxy) is 3. The number of hydrogen-bond acceptors (Lipinski definition) is 6. The second-order valence-electron chi connectivity index (χ2n) is 6.18. The molecule has 0 bridgehead atoms. The fourth-order valence-corrected chi connectivity index (χ4v) is 4.11. The number of benzene rings is 1. The molecule has 0 atom stereocenters. The van der Waals surface area contributed by atoms with Crippen molar-refractivity contribution in [1.82, 2.24) is 5.32 Å². The summed E-state index contributed by atoms with van der Waals surface area (Å²) in [5.74, 6) is 1.74. The molecule has 0 spiro atoms. The first-order chi connectivity index (χ1) is 12.2. The van der Waals surface area contributed by atoms with Gasteiger partial charge in [-0.05, 0) is 48.4 Å². The number of nitrogens with one attached hydrogen (secondary N) is 1. The molecule has 6 nitrogen and oxygen atoms in total. The van der Waals surface area contributed by atoms with Gasteiger partial charge in [-0.25, -0.2) is 0 Å². The lowest BCUT2D eigenvalue weighted by atomic mass is 10.1. The van der Waals surface area contributed by atoms with Gasteiger partial charge in [0.25, 0.3) is 5.91 Å². The van der Waals surface area contributed by atoms with Crippen LogP contribution in [0, 0.1) is 0 Å². The number of amides is 1. The maximum atomic E-state index is 12.2. The molecule has 2 aliphatic heterocycles. The van der Waals surface area contributed by atoms with E-state index in [1.807, 2.05) is 18.2 Å². The Morgan fingerprint density at radius 1 is 1.28 bits per heavy atom. The Labute approximate surface area is 150 Å². The van der Waals surface area contributed by atoms with E-state index in [9.17, 15) is 4.79 Å². The summed E-state index contributed by atoms with van der Waals surface area (Å²) in [5, 5.41) is 3.56. The van der Waals surface area contributed by atoms with E-state index in [1.54, 1.807) is 7.11 Å². The molecule has 4 rings (SSSR count). The number of aliphatic imine (C=N–C) groups is 1. The highest BCUT2D eigenvalue weighted by atomic mass is 32.2. The second kappa shape index (κ2) is 7.00. The molecule has 2 fully saturated rings. The van der Waals surface area contributed by atoms with E-state index in [2.05, 4.69) is 10.3 Å². The van der Waals surface area contributed by atoms with Gasteiger partial charge in [-0.1, -0.05) is 12.8 Å². The van der Waals surface area contributed by atoms with E-state index in [-0.39, 0.29) is 5.91 Å². The minimum absolute atomic E-state index is 0.115. The molecule has 1 amide bonds. The van der Waals surface area contributed by atoms with Crippen LogP contribution in [0.4, 0.5) is 0 Å². The van der Waals surface area contributed by atoms with Crippen molar-refractivity contribution in [1.29, 1.82) is 0 Å². The minimum Gasteiger partial charge on any atom is -0.493 e. The first-order valence-corrected chi connectivity index (χ1v) is 9.31. The fourth-order valence-electron chi connectivity index (χ4n) is 3.22. The predicted molar refractivity (Wildman–Crippen MR) is 97.4 cm³/mol. The first-order valence-electron chi connectivity index (χ1n) is 8.49. The highest BCUT2D eigenvalue weighted by Crippen LogP contribution is 2.41. The molecule has 0 unspecified atom stereocenters. The second-order valence-corrected chi connectivity index (χ2v) is 7.22. The molecule has 1 aromatic carbocycles. The topological polar surface area (TPSA) is 69.2 Å². The van der Waals surface area contributed by atoms with Crippen molar-refractivity contribution in [3.05, 3.63) is 22.6 Å². The van der Waals surface area contributed by atoms with E-state index >= 15 is 0 Å². The minimum atomic E-state index is -0.115. The van der Waals surface area contributed by atoms with Crippen LogP contribution in [-0.4, -0.2) is 37.4 Å². The number of fused-ring (bicyclic) bond motifs is 1. The van der Waals surface area contributed by atoms with Gasteiger partial charge in [0.15, 0.2) is 16.7 Å². The summed E-state index contributed by atoms with van der Waals surface area (Å²) < 4.78 is 16.6. The number of nitrogens with zero attached hydrogens (tertiary/aromatic N) is 1. The number of rotatable bonds is 3. The maximum absolute atomic E-state index is 12.2. The van der Waals surface area contributed by atoms with Crippen LogP contribution in [0.3, 0.4) is 0 Å². The van der Waals surface area contributed by atoms with Crippen LogP contribution in [-0.2, 0) is 4.79 Å². The van der Waals surface area contributed by atoms with E-state index < -0.39 is 0 Å². The molecule has 7 heteroatoms. The molecular formula is C18H20N2O4S. The third kappa shape index (κ3) is 3.46. The zero-order chi connectivity index (χ0) is 17.2. The molecule has 2 heterocycles. The molecule has 1 saturated carbocycles. The van der Waals surface area contributed by atoms with E-state index in [0.717, 1.165) is 18.4 Å². The number of thioether (sulfide) groups is 1. The highest BCUT2D eigenvalue weighted by Gasteiger charge is 2.26. The van der Waals surface area contributed by atoms with Crippen LogP contribution in [0.25, 0.3) is 6.08 Å². The monoisotopic (exact) mass is 360 g/mol. The summed E-state index contributed by atoms with van der Waals surface area (Å²) in [6, 6.07) is 4.06. The third-order valence-corrected chi connectivity index (χ3v) is 5.35. The summed E-state index contributed by atoms with van der Waals surface area (Å²) in [6.45, 7) is 1.01. The molecule has 0 aromatic heterocycles. The normalized spacial score (nSPS) is 23.3. The zero-order valence-electron chi connectivity index (χ0n) is 14.0. The van der Waals surface area contributed by atoms with Crippen molar-refractivity contribution < 1.29 is 19.0 Å². The van der Waals surface area contributed by atoms with Crippen molar-refractivity contribution in [3.8, 4) is 17.2 Å². The summed E-state index contributed by atoms with van der Waals surface area (Å²) >= 11 is 1.39. The van der Waals surface area contributed by atoms with Crippen LogP contribution >= 0.6 is 11.8 Å². The van der Waals surface area contributed by atoms with E-state index in [0.29, 0.717) is 46.6 Å². The predicted octanol–water partition coefficient (Wildman–Crippen LogP) is 2.97. The smallest absolute Gasteiger partial charge is 0.264 e. The summed E-state index contributed by atoms with van der Waals surface area (Å²) in [6.07, 6.45) is 6.49. The largest absolute Gasteiger partial charge is 0.493 e. The average molecular weight is 360 g/mol. The van der Waals surface area contributed by atoms with Crippen LogP contribution in [0.15, 0.2) is 22.0 Å². The van der Waals surface area contributed by atoms with E-state index in [4.69, 9.17) is 14.2 Å². The Morgan fingerprint density at radius 2 is 2.08 bits per heavy atom. The Balaban J connectivity index is 1.59. The Kier molecular flexibility index (Phi) is 4.57. The van der Waals surface area contributed by atoms with Crippen LogP contribution in [0.1, 0.15) is 31.2 Å². The lowest BCUT2D eigenvalue weighted by Crippen LogP contribution is -2.21. The number of methoxy groups -OCH3 is 1. The Bertz CT molecular complexity index is 736. The standard InChI is InChI=1S/C18H20N2O4S/c1-22-13-8-11(9-14-16(13)24-7-6-23-14)10-15-17(21)20-18(25-15)19-12-4-2-3-5-12/h8-10,12H,2-7H2,1H3,(H,19,20,21)/b15-10-. The van der Waals surface area contributed by atoms with Crippen molar-refractivity contribution >= 4 is 28.9 Å². The fraction of sp³-hybridized carbons (Fsp3) is 0.444. The van der Waals surface area contributed by atoms with Gasteiger partial charge in [0.05, 0.1) is 18.1 Å². The number of carbonyl (C=O) groups is 1. The van der Waals surface area contributed by atoms with Gasteiger partial charge in [-0.3, -0.25) is 9.79 Å². The molecule has 132 valence electrons. The molecule has 25 heavy (non-hydrogen) atoms. The lowest BCUT2D eigenvalue weighted by molar-refractivity contribution is -0.115. The third-order valence-electron chi connectivity index (χ3n) is 4.42. The van der Waals surface area contributed by atoms with Crippen LogP contribution < -0.4 is 19.5 Å². The van der Waals surface area contributed by atoms with Gasteiger partial charge >= 0.3 is 0 Å². The Morgan fingerprint density at radius 3 is 2.88 bits per heavy atom. The van der Waals surface area contributed by atoms with Crippen LogP contribution in [0.2, 0.25) is 0 Å². The van der Waals surface area contributed by atoms with Crippen molar-refractivity contribution in [2.24, 2.45) is 4.99 Å². The SMILES string of the molecule is COc1cc(/C=C2\SC(=NC3CCCC3)NC2=O)cc2c1OCCO2. The van der Waals surface area contributed by atoms with Crippen molar-refractivity contribution in [3.63, 3.8) is 0 Å². The van der Waals surface area contributed by atoms with Crippen molar-refractivity contribution in [2.45, 2.75) is 31.7 Å². The van der Waals surface area contributed by atoms with Crippen LogP contribution in [0.5, 0.6) is 17.2 Å². The highest BCUT2D eigenvalue weighted by molar-refractivity contribution is 8.18. The number of carbonyl (C=O) groups excluding carboxylic acids is 1. The molecule has 1 aliphatic carbocycles. The van der Waals surface area contributed by atoms with Crippen molar-refractivity contribution in [2.75, 3.05) is 20.3 Å². The molecule has 0 radical (unpaired) electrons. The quantitative estimate of drug-likeness (QED) is 0.840. The average Bonchev–Trinajstić information content (AvgIpc) is 3.24. The maximum Gasteiger partial charge on any atom is 0.264 e. The molecule has 3 aliphatic rings. The molecule has 1 aromatic rings. The number of amidine groups is 1. The van der Waals surface area contributed by atoms with Gasteiger partial charge in [0.1, 0.15) is 13.2 Å². The van der Waals surface area contributed by atoms with Gasteiger partial charge < -0.3 is 19.5 Å². The number of hydrogen-bond donors (Lipinski definition) is 1.